The van der Waals surface area contributed by atoms with Crippen molar-refractivity contribution >= 4 is 12.4 Å². The van der Waals surface area contributed by atoms with Crippen LogP contribution in [0, 0.1) is 0 Å². The first kappa shape index (κ1) is 17.8. The summed E-state index contributed by atoms with van der Waals surface area (Å²) in [6, 6.07) is 3.43. The molecule has 1 N–H and O–H groups in total. The standard InChI is InChI=1S/C18H21N3O5/c1-18(2,3)26-17(23)19-4-5-21-9-13(8-20-21)14-7-16-15(24-11-25-16)6-12(14)10-22/h6-10H,4-5,11H2,1-3H3,(H,19,23). The minimum Gasteiger partial charge on any atom is -0.454 e. The Balaban J connectivity index is 1.65. The van der Waals surface area contributed by atoms with E-state index in [0.717, 1.165) is 17.4 Å². The zero-order chi connectivity index (χ0) is 18.7. The molecular weight excluding hydrogens is 338 g/mol. The second kappa shape index (κ2) is 7.07. The lowest BCUT2D eigenvalue weighted by Gasteiger charge is -2.19. The van der Waals surface area contributed by atoms with Crippen LogP contribution in [0.3, 0.4) is 0 Å². The van der Waals surface area contributed by atoms with Gasteiger partial charge < -0.3 is 19.5 Å². The van der Waals surface area contributed by atoms with Gasteiger partial charge >= 0.3 is 6.09 Å². The van der Waals surface area contributed by atoms with Gasteiger partial charge in [-0.1, -0.05) is 0 Å². The molecule has 1 aliphatic heterocycles. The van der Waals surface area contributed by atoms with Gasteiger partial charge in [-0.3, -0.25) is 9.48 Å². The van der Waals surface area contributed by atoms with Gasteiger partial charge in [-0.25, -0.2) is 4.79 Å². The van der Waals surface area contributed by atoms with Gasteiger partial charge in [0.05, 0.1) is 12.7 Å². The molecule has 0 radical (unpaired) electrons. The molecule has 1 aromatic heterocycles. The number of nitrogens with zero attached hydrogens (tertiary/aromatic N) is 2. The first-order valence-corrected chi connectivity index (χ1v) is 8.24. The molecule has 2 aromatic rings. The van der Waals surface area contributed by atoms with Crippen molar-refractivity contribution in [1.82, 2.24) is 15.1 Å². The summed E-state index contributed by atoms with van der Waals surface area (Å²) in [4.78, 5) is 23.0. The van der Waals surface area contributed by atoms with E-state index < -0.39 is 11.7 Å². The van der Waals surface area contributed by atoms with E-state index in [0.29, 0.717) is 30.2 Å². The van der Waals surface area contributed by atoms with Gasteiger partial charge in [-0.2, -0.15) is 5.10 Å². The molecule has 1 aliphatic rings. The molecule has 0 saturated heterocycles. The average Bonchev–Trinajstić information content (AvgIpc) is 3.20. The number of carbonyl (C=O) groups is 2. The number of hydrogen-bond donors (Lipinski definition) is 1. The van der Waals surface area contributed by atoms with E-state index in [1.165, 1.54) is 0 Å². The molecular formula is C18H21N3O5. The minimum absolute atomic E-state index is 0.146. The van der Waals surface area contributed by atoms with E-state index in [1.807, 2.05) is 20.8 Å². The predicted molar refractivity (Wildman–Crippen MR) is 93.4 cm³/mol. The lowest BCUT2D eigenvalue weighted by Crippen LogP contribution is -2.34. The lowest BCUT2D eigenvalue weighted by molar-refractivity contribution is 0.0525. The summed E-state index contributed by atoms with van der Waals surface area (Å²) in [6.45, 7) is 6.41. The monoisotopic (exact) mass is 359 g/mol. The van der Waals surface area contributed by atoms with Crippen LogP contribution in [0.15, 0.2) is 24.5 Å². The first-order chi connectivity index (χ1) is 12.4. The number of benzene rings is 1. The maximum atomic E-state index is 11.6. The van der Waals surface area contributed by atoms with Crippen LogP contribution < -0.4 is 14.8 Å². The fourth-order valence-electron chi connectivity index (χ4n) is 2.52. The van der Waals surface area contributed by atoms with E-state index in [4.69, 9.17) is 14.2 Å². The Morgan fingerprint density at radius 1 is 1.35 bits per heavy atom. The van der Waals surface area contributed by atoms with Crippen LogP contribution in [0.25, 0.3) is 11.1 Å². The predicted octanol–water partition coefficient (Wildman–Crippen LogP) is 2.62. The number of aromatic nitrogens is 2. The molecule has 0 saturated carbocycles. The highest BCUT2D eigenvalue weighted by molar-refractivity contribution is 5.89. The molecule has 0 spiro atoms. The van der Waals surface area contributed by atoms with Crippen LogP contribution in [0.2, 0.25) is 0 Å². The molecule has 2 heterocycles. The van der Waals surface area contributed by atoms with Crippen molar-refractivity contribution in [1.29, 1.82) is 0 Å². The number of rotatable bonds is 5. The summed E-state index contributed by atoms with van der Waals surface area (Å²) in [6.07, 6.45) is 3.78. The second-order valence-corrected chi connectivity index (χ2v) is 6.83. The van der Waals surface area contributed by atoms with Crippen molar-refractivity contribution < 1.29 is 23.8 Å². The smallest absolute Gasteiger partial charge is 0.407 e. The number of nitrogens with one attached hydrogen (secondary N) is 1. The minimum atomic E-state index is -0.534. The zero-order valence-corrected chi connectivity index (χ0v) is 14.9. The Bertz CT molecular complexity index is 823. The summed E-state index contributed by atoms with van der Waals surface area (Å²) in [5, 5.41) is 6.95. The maximum absolute atomic E-state index is 11.6. The Hall–Kier alpha value is -3.03. The molecule has 1 aromatic carbocycles. The molecule has 0 fully saturated rings. The molecule has 8 heteroatoms. The van der Waals surface area contributed by atoms with Gasteiger partial charge in [0.15, 0.2) is 17.8 Å². The fourth-order valence-corrected chi connectivity index (χ4v) is 2.52. The molecule has 3 rings (SSSR count). The van der Waals surface area contributed by atoms with Crippen molar-refractivity contribution in [3.63, 3.8) is 0 Å². The van der Waals surface area contributed by atoms with Gasteiger partial charge in [0.25, 0.3) is 0 Å². The number of ether oxygens (including phenoxy) is 3. The summed E-state index contributed by atoms with van der Waals surface area (Å²) in [5.74, 6) is 1.16. The quantitative estimate of drug-likeness (QED) is 0.825. The number of amides is 1. The van der Waals surface area contributed by atoms with Crippen molar-refractivity contribution in [3.8, 4) is 22.6 Å². The average molecular weight is 359 g/mol. The molecule has 0 unspecified atom stereocenters. The highest BCUT2D eigenvalue weighted by Crippen LogP contribution is 2.38. The van der Waals surface area contributed by atoms with E-state index in [1.54, 1.807) is 29.2 Å². The molecule has 1 amide bonds. The molecule has 8 nitrogen and oxygen atoms in total. The number of aldehydes is 1. The summed E-state index contributed by atoms with van der Waals surface area (Å²) in [7, 11) is 0. The SMILES string of the molecule is CC(C)(C)OC(=O)NCCn1cc(-c2cc3c(cc2C=O)OCO3)cn1. The van der Waals surface area contributed by atoms with Crippen LogP contribution in [0.1, 0.15) is 31.1 Å². The Labute approximate surface area is 151 Å². The van der Waals surface area contributed by atoms with E-state index >= 15 is 0 Å². The summed E-state index contributed by atoms with van der Waals surface area (Å²) < 4.78 is 17.5. The Morgan fingerprint density at radius 3 is 2.77 bits per heavy atom. The third-order valence-corrected chi connectivity index (χ3v) is 3.63. The number of fused-ring (bicyclic) bond motifs is 1. The normalized spacial score (nSPS) is 12.7. The van der Waals surface area contributed by atoms with E-state index in [2.05, 4.69) is 10.4 Å². The zero-order valence-electron chi connectivity index (χ0n) is 14.9. The fraction of sp³-hybridized carbons (Fsp3) is 0.389. The summed E-state index contributed by atoms with van der Waals surface area (Å²) >= 11 is 0. The molecule has 138 valence electrons. The number of hydrogen-bond acceptors (Lipinski definition) is 6. The van der Waals surface area contributed by atoms with Crippen molar-refractivity contribution in [2.45, 2.75) is 32.9 Å². The van der Waals surface area contributed by atoms with E-state index in [9.17, 15) is 9.59 Å². The van der Waals surface area contributed by atoms with Gasteiger partial charge in [0, 0.05) is 23.9 Å². The van der Waals surface area contributed by atoms with Gasteiger partial charge in [0.1, 0.15) is 5.60 Å². The third kappa shape index (κ3) is 4.14. The number of carbonyl (C=O) groups excluding carboxylic acids is 2. The highest BCUT2D eigenvalue weighted by Gasteiger charge is 2.19. The van der Waals surface area contributed by atoms with Gasteiger partial charge in [0.2, 0.25) is 6.79 Å². The van der Waals surface area contributed by atoms with Crippen LogP contribution in [0.4, 0.5) is 4.79 Å². The van der Waals surface area contributed by atoms with Crippen LogP contribution in [0.5, 0.6) is 11.5 Å². The molecule has 0 aliphatic carbocycles. The largest absolute Gasteiger partial charge is 0.454 e. The molecule has 0 atom stereocenters. The molecule has 26 heavy (non-hydrogen) atoms. The van der Waals surface area contributed by atoms with Crippen molar-refractivity contribution in [2.75, 3.05) is 13.3 Å². The third-order valence-electron chi connectivity index (χ3n) is 3.63. The Morgan fingerprint density at radius 2 is 2.08 bits per heavy atom. The van der Waals surface area contributed by atoms with Gasteiger partial charge in [-0.15, -0.1) is 0 Å². The first-order valence-electron chi connectivity index (χ1n) is 8.24. The second-order valence-electron chi connectivity index (χ2n) is 6.83. The van der Waals surface area contributed by atoms with Gasteiger partial charge in [-0.05, 0) is 38.5 Å². The van der Waals surface area contributed by atoms with E-state index in [-0.39, 0.29) is 6.79 Å². The van der Waals surface area contributed by atoms with Crippen molar-refractivity contribution in [3.05, 3.63) is 30.1 Å². The maximum Gasteiger partial charge on any atom is 0.407 e. The van der Waals surface area contributed by atoms with Crippen LogP contribution in [-0.4, -0.2) is 41.1 Å². The lowest BCUT2D eigenvalue weighted by atomic mass is 10.0. The summed E-state index contributed by atoms with van der Waals surface area (Å²) in [5.41, 5.74) is 1.46. The van der Waals surface area contributed by atoms with Crippen molar-refractivity contribution in [2.24, 2.45) is 0 Å². The van der Waals surface area contributed by atoms with Crippen LogP contribution in [-0.2, 0) is 11.3 Å². The van der Waals surface area contributed by atoms with Crippen LogP contribution >= 0.6 is 0 Å². The topological polar surface area (TPSA) is 91.7 Å². The highest BCUT2D eigenvalue weighted by atomic mass is 16.7. The number of alkyl carbamates (subject to hydrolysis) is 1. The molecule has 0 bridgehead atoms. The Kier molecular flexibility index (Phi) is 4.83.